The van der Waals surface area contributed by atoms with E-state index < -0.39 is 0 Å². The standard InChI is InChI=1S/C37H44N10O4/c1-8-46-31(21-25(3)40-46)34(48)38-36-42(5)28-16-10-11-17-29(28)44(36)19-12-13-20-45-33-27(23-51-24-50-7)15-14-18-30(33)43(6)37(45)39-35(49)32-22-26(4)41-47(32)9-2/h10-18,21-22H,8-9,19-20,23-24H2,1-7H3/b13-12+,38-36+,39-37+. The van der Waals surface area contributed by atoms with E-state index in [4.69, 9.17) is 9.47 Å². The summed E-state index contributed by atoms with van der Waals surface area (Å²) in [6, 6.07) is 17.5. The Kier molecular flexibility index (Phi) is 10.4. The van der Waals surface area contributed by atoms with Gasteiger partial charge in [0.15, 0.2) is 0 Å². The van der Waals surface area contributed by atoms with Crippen LogP contribution in [0.2, 0.25) is 0 Å². The Bertz CT molecular complexity index is 2410. The molecule has 14 heteroatoms. The zero-order chi connectivity index (χ0) is 36.2. The minimum Gasteiger partial charge on any atom is -0.359 e. The molecule has 0 spiro atoms. The van der Waals surface area contributed by atoms with Crippen LogP contribution in [0.25, 0.3) is 22.1 Å². The number of fused-ring (bicyclic) bond motifs is 2. The van der Waals surface area contributed by atoms with Crippen molar-refractivity contribution in [2.45, 2.75) is 60.5 Å². The fourth-order valence-corrected chi connectivity index (χ4v) is 6.47. The van der Waals surface area contributed by atoms with Gasteiger partial charge in [0, 0.05) is 52.9 Å². The fourth-order valence-electron chi connectivity index (χ4n) is 6.47. The number of rotatable bonds is 12. The van der Waals surface area contributed by atoms with Gasteiger partial charge in [-0.15, -0.1) is 0 Å². The number of methoxy groups -OCH3 is 1. The molecule has 0 aliphatic heterocycles. The Hall–Kier alpha value is -5.60. The lowest BCUT2D eigenvalue weighted by molar-refractivity contribution is -0.0387. The molecule has 0 radical (unpaired) electrons. The Balaban J connectivity index is 1.42. The number of carbonyl (C=O) groups is 2. The van der Waals surface area contributed by atoms with Crippen LogP contribution in [0, 0.1) is 13.8 Å². The van der Waals surface area contributed by atoms with E-state index >= 15 is 0 Å². The third kappa shape index (κ3) is 6.92. The average Bonchev–Trinajstić information content (AvgIpc) is 3.85. The molecule has 4 aromatic heterocycles. The van der Waals surface area contributed by atoms with Crippen molar-refractivity contribution in [2.24, 2.45) is 24.1 Å². The van der Waals surface area contributed by atoms with Gasteiger partial charge in [-0.05, 0) is 58.0 Å². The van der Waals surface area contributed by atoms with E-state index in [1.807, 2.05) is 115 Å². The number of benzene rings is 2. The van der Waals surface area contributed by atoms with Crippen LogP contribution in [0.1, 0.15) is 51.8 Å². The van der Waals surface area contributed by atoms with Gasteiger partial charge in [-0.2, -0.15) is 20.2 Å². The molecule has 0 aliphatic rings. The number of aryl methyl sites for hydroxylation is 6. The Labute approximate surface area is 295 Å². The number of carbonyl (C=O) groups excluding carboxylic acids is 2. The van der Waals surface area contributed by atoms with Crippen LogP contribution in [0.5, 0.6) is 0 Å². The molecule has 0 N–H and O–H groups in total. The van der Waals surface area contributed by atoms with Gasteiger partial charge in [-0.3, -0.25) is 19.0 Å². The normalized spacial score (nSPS) is 12.8. The maximum atomic E-state index is 13.6. The summed E-state index contributed by atoms with van der Waals surface area (Å²) in [5, 5.41) is 8.88. The molecule has 6 aromatic rings. The fraction of sp³-hybridized carbons (Fsp3) is 0.351. The molecule has 51 heavy (non-hydrogen) atoms. The molecular weight excluding hydrogens is 648 g/mol. The number of para-hydroxylation sites is 3. The van der Waals surface area contributed by atoms with E-state index in [0.717, 1.165) is 39.0 Å². The number of allylic oxidation sites excluding steroid dienone is 2. The van der Waals surface area contributed by atoms with Gasteiger partial charge in [0.25, 0.3) is 11.8 Å². The number of nitrogens with zero attached hydrogens (tertiary/aromatic N) is 10. The van der Waals surface area contributed by atoms with E-state index in [1.165, 1.54) is 0 Å². The predicted octanol–water partition coefficient (Wildman–Crippen LogP) is 4.18. The molecule has 0 unspecified atom stereocenters. The molecule has 2 aromatic carbocycles. The lowest BCUT2D eigenvalue weighted by Crippen LogP contribution is -2.27. The molecule has 14 nitrogen and oxygen atoms in total. The molecule has 0 bridgehead atoms. The summed E-state index contributed by atoms with van der Waals surface area (Å²) >= 11 is 0. The van der Waals surface area contributed by atoms with E-state index in [9.17, 15) is 9.59 Å². The van der Waals surface area contributed by atoms with Crippen LogP contribution in [0.15, 0.2) is 76.7 Å². The van der Waals surface area contributed by atoms with Gasteiger partial charge in [0.2, 0.25) is 11.2 Å². The first-order valence-electron chi connectivity index (χ1n) is 17.0. The summed E-state index contributed by atoms with van der Waals surface area (Å²) in [5.74, 6) is -0.730. The minimum absolute atomic E-state index is 0.151. The zero-order valence-electron chi connectivity index (χ0n) is 30.2. The van der Waals surface area contributed by atoms with Gasteiger partial charge >= 0.3 is 0 Å². The van der Waals surface area contributed by atoms with Crippen LogP contribution in [-0.2, 0) is 56.4 Å². The van der Waals surface area contributed by atoms with Crippen LogP contribution in [0.3, 0.4) is 0 Å². The highest BCUT2D eigenvalue weighted by atomic mass is 16.7. The van der Waals surface area contributed by atoms with Crippen LogP contribution >= 0.6 is 0 Å². The maximum absolute atomic E-state index is 13.6. The van der Waals surface area contributed by atoms with Crippen molar-refractivity contribution in [3.63, 3.8) is 0 Å². The Morgan fingerprint density at radius 3 is 1.86 bits per heavy atom. The molecule has 266 valence electrons. The highest BCUT2D eigenvalue weighted by molar-refractivity contribution is 5.94. The predicted molar refractivity (Wildman–Crippen MR) is 193 cm³/mol. The molecule has 6 rings (SSSR count). The summed E-state index contributed by atoms with van der Waals surface area (Å²) in [6.45, 7) is 10.0. The van der Waals surface area contributed by atoms with Gasteiger partial charge < -0.3 is 27.7 Å². The zero-order valence-corrected chi connectivity index (χ0v) is 30.2. The van der Waals surface area contributed by atoms with E-state index in [-0.39, 0.29) is 18.6 Å². The van der Waals surface area contributed by atoms with E-state index in [1.54, 1.807) is 28.6 Å². The lowest BCUT2D eigenvalue weighted by atomic mass is 10.2. The quantitative estimate of drug-likeness (QED) is 0.107. The van der Waals surface area contributed by atoms with Crippen molar-refractivity contribution in [1.82, 2.24) is 37.8 Å². The van der Waals surface area contributed by atoms with Crippen LogP contribution in [-0.4, -0.2) is 63.5 Å². The number of imidazole rings is 2. The first-order valence-corrected chi connectivity index (χ1v) is 17.0. The molecule has 0 aliphatic carbocycles. The van der Waals surface area contributed by atoms with Gasteiger partial charge in [-0.25, -0.2) is 0 Å². The third-order valence-corrected chi connectivity index (χ3v) is 8.79. The number of hydrogen-bond acceptors (Lipinski definition) is 6. The molecule has 0 saturated carbocycles. The van der Waals surface area contributed by atoms with Crippen LogP contribution < -0.4 is 11.2 Å². The Morgan fingerprint density at radius 1 is 0.745 bits per heavy atom. The monoisotopic (exact) mass is 692 g/mol. The highest BCUT2D eigenvalue weighted by Gasteiger charge is 2.18. The Morgan fingerprint density at radius 2 is 1.27 bits per heavy atom. The number of aromatic nitrogens is 8. The van der Waals surface area contributed by atoms with Crippen molar-refractivity contribution in [1.29, 1.82) is 0 Å². The molecule has 4 heterocycles. The van der Waals surface area contributed by atoms with Crippen molar-refractivity contribution in [2.75, 3.05) is 13.9 Å². The summed E-state index contributed by atoms with van der Waals surface area (Å²) in [5.41, 5.74) is 8.03. The molecule has 0 fully saturated rings. The summed E-state index contributed by atoms with van der Waals surface area (Å²) in [7, 11) is 5.40. The highest BCUT2D eigenvalue weighted by Crippen LogP contribution is 2.20. The van der Waals surface area contributed by atoms with Crippen molar-refractivity contribution < 1.29 is 19.1 Å². The van der Waals surface area contributed by atoms with Crippen LogP contribution in [0.4, 0.5) is 0 Å². The topological polar surface area (TPSA) is 133 Å². The number of amides is 2. The van der Waals surface area contributed by atoms with Crippen molar-refractivity contribution in [3.8, 4) is 0 Å². The first kappa shape index (κ1) is 35.2. The second-order valence-corrected chi connectivity index (χ2v) is 12.2. The summed E-state index contributed by atoms with van der Waals surface area (Å²) < 4.78 is 22.1. The van der Waals surface area contributed by atoms with Gasteiger partial charge in [0.05, 0.1) is 40.1 Å². The van der Waals surface area contributed by atoms with E-state index in [2.05, 4.69) is 20.2 Å². The maximum Gasteiger partial charge on any atom is 0.298 e. The molecule has 0 atom stereocenters. The average molecular weight is 693 g/mol. The van der Waals surface area contributed by atoms with E-state index in [0.29, 0.717) is 55.4 Å². The number of ether oxygens (including phenoxy) is 2. The SMILES string of the molecule is CCn1nc(C)cc1C(=O)/N=c1\n(C)c2ccccc2n1C/C=C/Cn1/c(=N/C(=O)c2cc(C)nn2CC)n(C)c2cccc(COCOC)c21. The first-order chi connectivity index (χ1) is 24.7. The van der Waals surface area contributed by atoms with Gasteiger partial charge in [-0.1, -0.05) is 36.4 Å². The lowest BCUT2D eigenvalue weighted by Gasteiger charge is -2.08. The number of hydrogen-bond donors (Lipinski definition) is 0. The van der Waals surface area contributed by atoms with Crippen molar-refractivity contribution in [3.05, 3.63) is 106 Å². The van der Waals surface area contributed by atoms with Gasteiger partial charge in [0.1, 0.15) is 18.2 Å². The summed E-state index contributed by atoms with van der Waals surface area (Å²) in [6.07, 6.45) is 4.07. The third-order valence-electron chi connectivity index (χ3n) is 8.79. The molecular formula is C37H44N10O4. The second-order valence-electron chi connectivity index (χ2n) is 12.2. The molecule has 0 saturated heterocycles. The summed E-state index contributed by atoms with van der Waals surface area (Å²) in [4.78, 5) is 36.4. The second kappa shape index (κ2) is 15.1. The smallest absolute Gasteiger partial charge is 0.298 e. The molecule has 2 amide bonds. The minimum atomic E-state index is -0.375. The largest absolute Gasteiger partial charge is 0.359 e. The van der Waals surface area contributed by atoms with Crippen molar-refractivity contribution >= 4 is 33.9 Å².